The maximum atomic E-state index is 10.7. The summed E-state index contributed by atoms with van der Waals surface area (Å²) in [6, 6.07) is 2.96. The molecule has 1 aromatic heterocycles. The van der Waals surface area contributed by atoms with Crippen molar-refractivity contribution in [2.45, 2.75) is 13.5 Å². The van der Waals surface area contributed by atoms with Crippen molar-refractivity contribution in [3.8, 4) is 0 Å². The van der Waals surface area contributed by atoms with Gasteiger partial charge in [-0.15, -0.1) is 0 Å². The highest BCUT2D eigenvalue weighted by molar-refractivity contribution is 5.84. The molecule has 1 aromatic rings. The lowest BCUT2D eigenvalue weighted by Crippen LogP contribution is -2.28. The zero-order valence-electron chi connectivity index (χ0n) is 9.71. The fourth-order valence-electron chi connectivity index (χ4n) is 1.45. The number of hydrogen-bond acceptors (Lipinski definition) is 4. The number of carboxylic acid groups (broad SMARTS) is 2. The van der Waals surface area contributed by atoms with E-state index >= 15 is 0 Å². The van der Waals surface area contributed by atoms with Crippen molar-refractivity contribution in [3.05, 3.63) is 23.7 Å². The van der Waals surface area contributed by atoms with Crippen molar-refractivity contribution in [2.75, 3.05) is 13.6 Å². The van der Waals surface area contributed by atoms with E-state index in [4.69, 9.17) is 14.6 Å². The molecule has 0 spiro atoms. The number of nitrogens with zero attached hydrogens (tertiary/aromatic N) is 1. The Bertz CT molecular complexity index is 412. The van der Waals surface area contributed by atoms with Crippen LogP contribution in [0, 0.1) is 5.92 Å². The van der Waals surface area contributed by atoms with E-state index < -0.39 is 17.9 Å². The Labute approximate surface area is 98.5 Å². The van der Waals surface area contributed by atoms with Crippen LogP contribution in [0.2, 0.25) is 0 Å². The van der Waals surface area contributed by atoms with Gasteiger partial charge in [-0.2, -0.15) is 0 Å². The van der Waals surface area contributed by atoms with E-state index in [1.54, 1.807) is 24.9 Å². The second kappa shape index (κ2) is 5.49. The van der Waals surface area contributed by atoms with Gasteiger partial charge in [0.1, 0.15) is 5.76 Å². The first-order valence-electron chi connectivity index (χ1n) is 5.13. The molecule has 0 aliphatic carbocycles. The van der Waals surface area contributed by atoms with Crippen molar-refractivity contribution in [1.29, 1.82) is 0 Å². The largest absolute Gasteiger partial charge is 0.481 e. The van der Waals surface area contributed by atoms with Crippen molar-refractivity contribution < 1.29 is 24.2 Å². The third-order valence-electron chi connectivity index (χ3n) is 2.31. The molecule has 1 atom stereocenters. The molecule has 6 nitrogen and oxygen atoms in total. The van der Waals surface area contributed by atoms with Gasteiger partial charge in [-0.05, 0) is 19.2 Å². The molecule has 94 valence electrons. The predicted molar refractivity (Wildman–Crippen MR) is 58.8 cm³/mol. The van der Waals surface area contributed by atoms with Crippen molar-refractivity contribution >= 4 is 11.9 Å². The summed E-state index contributed by atoms with van der Waals surface area (Å²) < 4.78 is 5.07. The summed E-state index contributed by atoms with van der Waals surface area (Å²) in [7, 11) is 1.75. The molecule has 0 radical (unpaired) electrons. The Morgan fingerprint density at radius 2 is 2.06 bits per heavy atom. The van der Waals surface area contributed by atoms with Gasteiger partial charge in [0.15, 0.2) is 0 Å². The van der Waals surface area contributed by atoms with E-state index in [-0.39, 0.29) is 5.76 Å². The Hall–Kier alpha value is -1.82. The Balaban J connectivity index is 2.53. The molecule has 2 N–H and O–H groups in total. The quantitative estimate of drug-likeness (QED) is 0.775. The van der Waals surface area contributed by atoms with Crippen LogP contribution in [0.5, 0.6) is 0 Å². The second-order valence-electron chi connectivity index (χ2n) is 4.01. The lowest BCUT2D eigenvalue weighted by molar-refractivity contribution is -0.141. The number of aromatic carboxylic acids is 1. The molecule has 0 aliphatic rings. The van der Waals surface area contributed by atoms with Gasteiger partial charge in [0.05, 0.1) is 12.5 Å². The first-order chi connectivity index (χ1) is 7.90. The van der Waals surface area contributed by atoms with E-state index in [2.05, 4.69) is 0 Å². The van der Waals surface area contributed by atoms with Crippen molar-refractivity contribution in [3.63, 3.8) is 0 Å². The van der Waals surface area contributed by atoms with Gasteiger partial charge in [0.2, 0.25) is 5.76 Å². The SMILES string of the molecule is CC(CN(C)Cc1ccc(C(=O)O)o1)C(=O)O. The number of hydrogen-bond donors (Lipinski definition) is 2. The smallest absolute Gasteiger partial charge is 0.371 e. The molecule has 1 heterocycles. The molecule has 6 heteroatoms. The van der Waals surface area contributed by atoms with E-state index in [1.165, 1.54) is 6.07 Å². The lowest BCUT2D eigenvalue weighted by atomic mass is 10.2. The predicted octanol–water partition coefficient (Wildman–Crippen LogP) is 1.13. The molecule has 1 unspecified atom stereocenters. The van der Waals surface area contributed by atoms with Crippen LogP contribution in [-0.4, -0.2) is 40.6 Å². The number of furan rings is 1. The minimum atomic E-state index is -1.11. The van der Waals surface area contributed by atoms with Crippen LogP contribution in [-0.2, 0) is 11.3 Å². The molecule has 0 amide bonds. The minimum absolute atomic E-state index is 0.111. The summed E-state index contributed by atoms with van der Waals surface area (Å²) >= 11 is 0. The minimum Gasteiger partial charge on any atom is -0.481 e. The molecule has 0 bridgehead atoms. The fraction of sp³-hybridized carbons (Fsp3) is 0.455. The number of rotatable bonds is 6. The average Bonchev–Trinajstić information content (AvgIpc) is 2.65. The van der Waals surface area contributed by atoms with Crippen LogP contribution >= 0.6 is 0 Å². The average molecular weight is 241 g/mol. The summed E-state index contributed by atoms with van der Waals surface area (Å²) in [4.78, 5) is 23.0. The highest BCUT2D eigenvalue weighted by Crippen LogP contribution is 2.11. The monoisotopic (exact) mass is 241 g/mol. The van der Waals surface area contributed by atoms with Gasteiger partial charge in [0, 0.05) is 6.54 Å². The summed E-state index contributed by atoms with van der Waals surface area (Å²) in [6.45, 7) is 2.37. The maximum absolute atomic E-state index is 10.7. The Kier molecular flexibility index (Phi) is 4.28. The molecule has 0 saturated heterocycles. The van der Waals surface area contributed by atoms with E-state index in [1.807, 2.05) is 0 Å². The van der Waals surface area contributed by atoms with Crippen LogP contribution in [0.25, 0.3) is 0 Å². The second-order valence-corrected chi connectivity index (χ2v) is 4.01. The lowest BCUT2D eigenvalue weighted by Gasteiger charge is -2.17. The van der Waals surface area contributed by atoms with Crippen LogP contribution < -0.4 is 0 Å². The topological polar surface area (TPSA) is 91.0 Å². The third kappa shape index (κ3) is 3.92. The first-order valence-corrected chi connectivity index (χ1v) is 5.13. The molecule has 0 fully saturated rings. The highest BCUT2D eigenvalue weighted by Gasteiger charge is 2.15. The van der Waals surface area contributed by atoms with E-state index in [9.17, 15) is 9.59 Å². The molecule has 1 rings (SSSR count). The standard InChI is InChI=1S/C11H15NO5/c1-7(10(13)14)5-12(2)6-8-3-4-9(17-8)11(15)16/h3-4,7H,5-6H2,1-2H3,(H,13,14)(H,15,16). The molecule has 0 saturated carbocycles. The van der Waals surface area contributed by atoms with Crippen molar-refractivity contribution in [1.82, 2.24) is 4.90 Å². The van der Waals surface area contributed by atoms with Crippen LogP contribution in [0.3, 0.4) is 0 Å². The normalized spacial score (nSPS) is 12.6. The zero-order chi connectivity index (χ0) is 13.0. The highest BCUT2D eigenvalue weighted by atomic mass is 16.4. The number of aliphatic carboxylic acids is 1. The van der Waals surface area contributed by atoms with E-state index in [0.717, 1.165) is 0 Å². The number of carboxylic acids is 2. The summed E-state index contributed by atoms with van der Waals surface area (Å²) in [5, 5.41) is 17.4. The summed E-state index contributed by atoms with van der Waals surface area (Å²) in [5.74, 6) is -2.06. The fourth-order valence-corrected chi connectivity index (χ4v) is 1.45. The molecule has 0 aliphatic heterocycles. The Morgan fingerprint density at radius 1 is 1.41 bits per heavy atom. The van der Waals surface area contributed by atoms with Gasteiger partial charge in [-0.1, -0.05) is 6.92 Å². The first kappa shape index (κ1) is 13.2. The number of carbonyl (C=O) groups is 2. The van der Waals surface area contributed by atoms with Gasteiger partial charge in [-0.3, -0.25) is 9.69 Å². The Morgan fingerprint density at radius 3 is 2.53 bits per heavy atom. The molecule has 0 aromatic carbocycles. The van der Waals surface area contributed by atoms with Gasteiger partial charge in [-0.25, -0.2) is 4.79 Å². The molecule has 17 heavy (non-hydrogen) atoms. The van der Waals surface area contributed by atoms with Crippen LogP contribution in [0.4, 0.5) is 0 Å². The maximum Gasteiger partial charge on any atom is 0.371 e. The van der Waals surface area contributed by atoms with Crippen LogP contribution in [0.15, 0.2) is 16.5 Å². The third-order valence-corrected chi connectivity index (χ3v) is 2.31. The van der Waals surface area contributed by atoms with E-state index in [0.29, 0.717) is 18.8 Å². The summed E-state index contributed by atoms with van der Waals surface area (Å²) in [6.07, 6.45) is 0. The molecular weight excluding hydrogens is 226 g/mol. The van der Waals surface area contributed by atoms with Crippen LogP contribution in [0.1, 0.15) is 23.2 Å². The van der Waals surface area contributed by atoms with Gasteiger partial charge < -0.3 is 14.6 Å². The van der Waals surface area contributed by atoms with Gasteiger partial charge in [0.25, 0.3) is 0 Å². The molecular formula is C11H15NO5. The summed E-state index contributed by atoms with van der Waals surface area (Å²) in [5.41, 5.74) is 0. The van der Waals surface area contributed by atoms with Crippen molar-refractivity contribution in [2.24, 2.45) is 5.92 Å². The zero-order valence-corrected chi connectivity index (χ0v) is 9.71. The van der Waals surface area contributed by atoms with Gasteiger partial charge >= 0.3 is 11.9 Å².